The molecule has 4 nitrogen and oxygen atoms in total. The molecule has 0 saturated carbocycles. The second-order valence-corrected chi connectivity index (χ2v) is 10.9. The summed E-state index contributed by atoms with van der Waals surface area (Å²) >= 11 is 1.97. The molecular weight excluding hydrogens is 589 g/mol. The number of ether oxygens (including phenoxy) is 1. The van der Waals surface area contributed by atoms with Gasteiger partial charge < -0.3 is 4.79 Å². The Kier molecular flexibility index (Phi) is 26.7. The predicted octanol–water partition coefficient (Wildman–Crippen LogP) is 6.99. The smallest absolute Gasteiger partial charge is 0.303 e. The Bertz CT molecular complexity index is 433. The molecule has 0 aliphatic rings. The average Bonchev–Trinajstić information content (AvgIpc) is 2.81. The molecule has 0 aromatic carbocycles. The first-order valence-electron chi connectivity index (χ1n) is 14.1. The van der Waals surface area contributed by atoms with Crippen molar-refractivity contribution >= 4 is 10.5 Å². The van der Waals surface area contributed by atoms with E-state index in [1.165, 1.54) is 107 Å². The van der Waals surface area contributed by atoms with Gasteiger partial charge in [0.15, 0.2) is 0 Å². The SMILES string of the molecule is CCCCCC(CCCC)O[C](=[Os])CCCCCCCN(CCO)CCCCCCCC=O. The van der Waals surface area contributed by atoms with Crippen LogP contribution < -0.4 is 0 Å². The Morgan fingerprint density at radius 3 is 1.97 bits per heavy atom. The molecule has 0 aromatic heterocycles. The van der Waals surface area contributed by atoms with E-state index in [-0.39, 0.29) is 6.61 Å². The van der Waals surface area contributed by atoms with Gasteiger partial charge in [-0.1, -0.05) is 12.8 Å². The molecule has 0 fully saturated rings. The summed E-state index contributed by atoms with van der Waals surface area (Å²) in [6.07, 6.45) is 24.4. The minimum absolute atomic E-state index is 0.257. The van der Waals surface area contributed by atoms with Crippen molar-refractivity contribution in [3.63, 3.8) is 0 Å². The standard InChI is InChI=1S/C28H55NO3.Os/c1-3-5-15-21-28(20-6-4-2)32-27-19-14-10-8-12-17-23-29(24-26-31)22-16-11-7-9-13-18-25-30;/h25,28,31H,3-24,26H2,1-2H3;. The Morgan fingerprint density at radius 2 is 1.36 bits per heavy atom. The fraction of sp³-hybridized carbons (Fsp3) is 0.929. The Balaban J connectivity index is 3.80. The summed E-state index contributed by atoms with van der Waals surface area (Å²) in [5.74, 6) is 0. The van der Waals surface area contributed by atoms with Gasteiger partial charge in [-0.3, -0.25) is 0 Å². The quantitative estimate of drug-likeness (QED) is 0.0775. The van der Waals surface area contributed by atoms with Gasteiger partial charge in [-0.05, 0) is 6.42 Å². The van der Waals surface area contributed by atoms with Crippen LogP contribution in [0.15, 0.2) is 0 Å². The van der Waals surface area contributed by atoms with Gasteiger partial charge in [-0.15, -0.1) is 0 Å². The third kappa shape index (κ3) is 23.6. The molecule has 198 valence electrons. The summed E-state index contributed by atoms with van der Waals surface area (Å²) in [6.45, 7) is 7.80. The van der Waals surface area contributed by atoms with Crippen LogP contribution in [-0.4, -0.2) is 52.9 Å². The van der Waals surface area contributed by atoms with E-state index in [4.69, 9.17) is 4.74 Å². The molecule has 0 aromatic rings. The molecule has 0 rings (SSSR count). The summed E-state index contributed by atoms with van der Waals surface area (Å²) < 4.78 is 7.61. The van der Waals surface area contributed by atoms with Gasteiger partial charge in [0.1, 0.15) is 6.29 Å². The zero-order valence-electron chi connectivity index (χ0n) is 22.0. The number of carbonyl (C=O) groups is 1. The number of aldehydes is 1. The summed E-state index contributed by atoms with van der Waals surface area (Å²) in [4.78, 5) is 12.8. The Hall–Kier alpha value is 0.0564. The molecule has 0 aliphatic heterocycles. The van der Waals surface area contributed by atoms with Crippen molar-refractivity contribution in [3.05, 3.63) is 0 Å². The van der Waals surface area contributed by atoms with Gasteiger partial charge in [0.25, 0.3) is 0 Å². The van der Waals surface area contributed by atoms with Crippen molar-refractivity contribution < 1.29 is 32.8 Å². The molecular formula is C28H55NO3Os. The fourth-order valence-electron chi connectivity index (χ4n) is 4.25. The first-order chi connectivity index (χ1) is 16.2. The number of aliphatic hydroxyl groups excluding tert-OH is 1. The van der Waals surface area contributed by atoms with Crippen LogP contribution in [0.1, 0.15) is 136 Å². The topological polar surface area (TPSA) is 49.8 Å². The minimum Gasteiger partial charge on any atom is -0.303 e. The van der Waals surface area contributed by atoms with E-state index in [1.807, 2.05) is 18.1 Å². The van der Waals surface area contributed by atoms with Gasteiger partial charge >= 0.3 is 180 Å². The van der Waals surface area contributed by atoms with Gasteiger partial charge in [-0.25, -0.2) is 0 Å². The van der Waals surface area contributed by atoms with Crippen LogP contribution in [-0.2, 0) is 27.7 Å². The van der Waals surface area contributed by atoms with Crippen molar-refractivity contribution in [3.8, 4) is 0 Å². The number of carbonyl (C=O) groups excluding carboxylic acids is 1. The molecule has 0 saturated heterocycles. The van der Waals surface area contributed by atoms with Crippen LogP contribution in [0.2, 0.25) is 0 Å². The van der Waals surface area contributed by atoms with Crippen molar-refractivity contribution in [2.75, 3.05) is 26.2 Å². The van der Waals surface area contributed by atoms with Crippen molar-refractivity contribution in [1.82, 2.24) is 4.90 Å². The van der Waals surface area contributed by atoms with Gasteiger partial charge in [0.05, 0.1) is 0 Å². The zero-order chi connectivity index (χ0) is 24.4. The van der Waals surface area contributed by atoms with E-state index < -0.39 is 0 Å². The number of hydrogen-bond acceptors (Lipinski definition) is 4. The molecule has 0 radical (unpaired) electrons. The molecule has 0 bridgehead atoms. The van der Waals surface area contributed by atoms with Crippen LogP contribution in [0.25, 0.3) is 0 Å². The van der Waals surface area contributed by atoms with E-state index in [0.29, 0.717) is 12.5 Å². The van der Waals surface area contributed by atoms with Crippen molar-refractivity contribution in [1.29, 1.82) is 0 Å². The van der Waals surface area contributed by atoms with E-state index in [1.54, 1.807) is 0 Å². The van der Waals surface area contributed by atoms with Crippen LogP contribution >= 0.6 is 0 Å². The average molecular weight is 644 g/mol. The molecule has 33 heavy (non-hydrogen) atoms. The molecule has 0 heterocycles. The molecule has 5 heteroatoms. The van der Waals surface area contributed by atoms with E-state index in [9.17, 15) is 9.90 Å². The summed E-state index contributed by atoms with van der Waals surface area (Å²) in [7, 11) is 0. The number of hydrogen-bond donors (Lipinski definition) is 1. The van der Waals surface area contributed by atoms with E-state index in [0.717, 1.165) is 38.8 Å². The molecule has 1 atom stereocenters. The van der Waals surface area contributed by atoms with E-state index >= 15 is 0 Å². The maximum absolute atomic E-state index is 10.3. The van der Waals surface area contributed by atoms with Crippen molar-refractivity contribution in [2.45, 2.75) is 142 Å². The third-order valence-corrected chi connectivity index (χ3v) is 7.29. The number of rotatable bonds is 27. The van der Waals surface area contributed by atoms with E-state index in [2.05, 4.69) is 18.7 Å². The second kappa shape index (κ2) is 26.7. The van der Waals surface area contributed by atoms with Crippen LogP contribution in [0.5, 0.6) is 0 Å². The molecule has 1 unspecified atom stereocenters. The number of aliphatic hydroxyl groups is 1. The molecule has 0 amide bonds. The summed E-state index contributed by atoms with van der Waals surface area (Å²) in [5, 5.41) is 9.34. The monoisotopic (exact) mass is 645 g/mol. The Morgan fingerprint density at radius 1 is 0.788 bits per heavy atom. The number of unbranched alkanes of at least 4 members (excludes halogenated alkanes) is 12. The predicted molar refractivity (Wildman–Crippen MR) is 139 cm³/mol. The van der Waals surface area contributed by atoms with Crippen LogP contribution in [0, 0.1) is 0 Å². The molecule has 1 N–H and O–H groups in total. The third-order valence-electron chi connectivity index (χ3n) is 6.36. The maximum atomic E-state index is 10.3. The summed E-state index contributed by atoms with van der Waals surface area (Å²) in [6, 6.07) is 0. The Labute approximate surface area is 216 Å². The molecule has 0 spiro atoms. The van der Waals surface area contributed by atoms with Crippen molar-refractivity contribution in [2.24, 2.45) is 0 Å². The normalized spacial score (nSPS) is 12.4. The fourth-order valence-corrected chi connectivity index (χ4v) is 5.12. The van der Waals surface area contributed by atoms with Crippen LogP contribution in [0.3, 0.4) is 0 Å². The van der Waals surface area contributed by atoms with Crippen LogP contribution in [0.4, 0.5) is 0 Å². The zero-order valence-corrected chi connectivity index (χ0v) is 24.5. The number of nitrogens with zero attached hydrogens (tertiary/aromatic N) is 1. The first-order valence-corrected chi connectivity index (χ1v) is 15.4. The second-order valence-electron chi connectivity index (χ2n) is 9.53. The first kappa shape index (κ1) is 33.1. The van der Waals surface area contributed by atoms with Gasteiger partial charge in [-0.2, -0.15) is 0 Å². The summed E-state index contributed by atoms with van der Waals surface area (Å²) in [5.41, 5.74) is 0. The molecule has 0 aliphatic carbocycles. The minimum atomic E-state index is 0.257. The van der Waals surface area contributed by atoms with Gasteiger partial charge in [0.2, 0.25) is 0 Å². The van der Waals surface area contributed by atoms with Gasteiger partial charge in [0, 0.05) is 6.42 Å².